The summed E-state index contributed by atoms with van der Waals surface area (Å²) in [6.45, 7) is 5.61. The van der Waals surface area contributed by atoms with E-state index in [9.17, 15) is 14.0 Å². The van der Waals surface area contributed by atoms with Gasteiger partial charge in [0.25, 0.3) is 0 Å². The lowest BCUT2D eigenvalue weighted by Crippen LogP contribution is -2.39. The minimum Gasteiger partial charge on any atom is -0.463 e. The van der Waals surface area contributed by atoms with Crippen LogP contribution in [0.1, 0.15) is 38.8 Å². The van der Waals surface area contributed by atoms with Gasteiger partial charge in [-0.3, -0.25) is 4.79 Å². The van der Waals surface area contributed by atoms with Gasteiger partial charge in [0.15, 0.2) is 0 Å². The van der Waals surface area contributed by atoms with Crippen LogP contribution in [0.3, 0.4) is 0 Å². The van der Waals surface area contributed by atoms with Crippen molar-refractivity contribution >= 4 is 12.0 Å². The van der Waals surface area contributed by atoms with Crippen LogP contribution in [0.15, 0.2) is 24.3 Å². The molecule has 0 fully saturated rings. The molecule has 0 saturated heterocycles. The molecule has 0 aliphatic carbocycles. The summed E-state index contributed by atoms with van der Waals surface area (Å²) >= 11 is 0. The summed E-state index contributed by atoms with van der Waals surface area (Å²) in [4.78, 5) is 24.9. The third-order valence-corrected chi connectivity index (χ3v) is 3.23. The molecule has 0 aliphatic rings. The van der Waals surface area contributed by atoms with Crippen molar-refractivity contribution in [3.05, 3.63) is 35.6 Å². The zero-order valence-electron chi connectivity index (χ0n) is 13.4. The number of carbonyl (C=O) groups excluding carboxylic acids is 2. The van der Waals surface area contributed by atoms with Crippen molar-refractivity contribution in [2.24, 2.45) is 0 Å². The number of benzene rings is 1. The number of nitrogens with zero attached hydrogens (tertiary/aromatic N) is 1. The molecule has 0 aliphatic heterocycles. The van der Waals surface area contributed by atoms with E-state index < -0.39 is 0 Å². The average Bonchev–Trinajstić information content (AvgIpc) is 2.45. The van der Waals surface area contributed by atoms with Gasteiger partial charge in [0.2, 0.25) is 0 Å². The van der Waals surface area contributed by atoms with Crippen molar-refractivity contribution in [2.45, 2.75) is 39.3 Å². The summed E-state index contributed by atoms with van der Waals surface area (Å²) in [7, 11) is 1.65. The van der Waals surface area contributed by atoms with Gasteiger partial charge in [0.1, 0.15) is 5.82 Å². The summed E-state index contributed by atoms with van der Waals surface area (Å²) in [6.07, 6.45) is -0.0349. The van der Waals surface area contributed by atoms with Gasteiger partial charge in [-0.25, -0.2) is 9.18 Å². The highest BCUT2D eigenvalue weighted by molar-refractivity contribution is 5.75. The molecule has 1 atom stereocenters. The van der Waals surface area contributed by atoms with Gasteiger partial charge in [-0.1, -0.05) is 12.1 Å². The van der Waals surface area contributed by atoms with Gasteiger partial charge < -0.3 is 15.0 Å². The smallest absolute Gasteiger partial charge is 0.317 e. The van der Waals surface area contributed by atoms with Crippen molar-refractivity contribution < 1.29 is 18.7 Å². The van der Waals surface area contributed by atoms with Crippen molar-refractivity contribution in [1.29, 1.82) is 0 Å². The van der Waals surface area contributed by atoms with Gasteiger partial charge in [-0.15, -0.1) is 0 Å². The predicted octanol–water partition coefficient (Wildman–Crippen LogP) is 2.87. The number of halogens is 1. The first-order valence-electron chi connectivity index (χ1n) is 7.27. The molecule has 0 saturated carbocycles. The number of hydrogen-bond acceptors (Lipinski definition) is 3. The molecule has 1 aromatic rings. The molecule has 122 valence electrons. The number of ether oxygens (including phenoxy) is 1. The highest BCUT2D eigenvalue weighted by Gasteiger charge is 2.17. The maximum atomic E-state index is 12.9. The third-order valence-electron chi connectivity index (χ3n) is 3.23. The first-order chi connectivity index (χ1) is 10.3. The zero-order chi connectivity index (χ0) is 16.7. The molecular formula is C16H23FN2O3. The van der Waals surface area contributed by atoms with E-state index in [1.807, 2.05) is 6.92 Å². The number of hydrogen-bond donors (Lipinski definition) is 1. The van der Waals surface area contributed by atoms with Gasteiger partial charge in [0.05, 0.1) is 18.6 Å². The van der Waals surface area contributed by atoms with E-state index in [-0.39, 0.29) is 42.9 Å². The number of nitrogens with one attached hydrogen (secondary N) is 1. The van der Waals surface area contributed by atoms with Crippen LogP contribution >= 0.6 is 0 Å². The quantitative estimate of drug-likeness (QED) is 0.822. The van der Waals surface area contributed by atoms with Crippen LogP contribution in [0, 0.1) is 5.82 Å². The van der Waals surface area contributed by atoms with Crippen LogP contribution in [-0.4, -0.2) is 36.6 Å². The Balaban J connectivity index is 2.44. The molecule has 22 heavy (non-hydrogen) atoms. The minimum absolute atomic E-state index is 0.128. The SMILES string of the molecule is CC(C)OC(=O)CCNC(=O)N(C)[C@@H](C)c1ccc(F)cc1. The predicted molar refractivity (Wildman–Crippen MR) is 81.8 cm³/mol. The average molecular weight is 310 g/mol. The Bertz CT molecular complexity index is 503. The zero-order valence-corrected chi connectivity index (χ0v) is 13.4. The number of esters is 1. The van der Waals surface area contributed by atoms with Crippen molar-refractivity contribution in [3.8, 4) is 0 Å². The minimum atomic E-state index is -0.343. The van der Waals surface area contributed by atoms with Crippen LogP contribution in [0.4, 0.5) is 9.18 Å². The maximum Gasteiger partial charge on any atom is 0.317 e. The van der Waals surface area contributed by atoms with E-state index in [2.05, 4.69) is 5.32 Å². The lowest BCUT2D eigenvalue weighted by atomic mass is 10.1. The molecule has 0 bridgehead atoms. The Hall–Kier alpha value is -2.11. The number of carbonyl (C=O) groups is 2. The van der Waals surface area contributed by atoms with Gasteiger partial charge in [-0.2, -0.15) is 0 Å². The second-order valence-corrected chi connectivity index (χ2v) is 5.36. The first kappa shape index (κ1) is 17.9. The second kappa shape index (κ2) is 8.36. The molecule has 0 heterocycles. The van der Waals surface area contributed by atoms with Crippen molar-refractivity contribution in [1.82, 2.24) is 10.2 Å². The van der Waals surface area contributed by atoms with Gasteiger partial charge in [0, 0.05) is 13.6 Å². The number of rotatable bonds is 6. The number of amides is 2. The van der Waals surface area contributed by atoms with Crippen molar-refractivity contribution in [2.75, 3.05) is 13.6 Å². The van der Waals surface area contributed by atoms with Gasteiger partial charge >= 0.3 is 12.0 Å². The number of urea groups is 1. The molecule has 0 spiro atoms. The highest BCUT2D eigenvalue weighted by atomic mass is 19.1. The highest BCUT2D eigenvalue weighted by Crippen LogP contribution is 2.18. The Labute approximate surface area is 130 Å². The largest absolute Gasteiger partial charge is 0.463 e. The fourth-order valence-electron chi connectivity index (χ4n) is 1.86. The molecule has 0 radical (unpaired) electrons. The van der Waals surface area contributed by atoms with Crippen LogP contribution in [0.5, 0.6) is 0 Å². The molecule has 2 amide bonds. The lowest BCUT2D eigenvalue weighted by molar-refractivity contribution is -0.147. The Morgan fingerprint density at radius 3 is 2.36 bits per heavy atom. The normalized spacial score (nSPS) is 11.9. The summed E-state index contributed by atoms with van der Waals surface area (Å²) in [6, 6.07) is 5.50. The molecule has 1 aromatic carbocycles. The van der Waals surface area contributed by atoms with E-state index in [4.69, 9.17) is 4.74 Å². The summed E-state index contributed by atoms with van der Waals surface area (Å²) in [5, 5.41) is 2.66. The summed E-state index contributed by atoms with van der Waals surface area (Å²) < 4.78 is 17.9. The maximum absolute atomic E-state index is 12.9. The molecule has 5 nitrogen and oxygen atoms in total. The fraction of sp³-hybridized carbons (Fsp3) is 0.500. The van der Waals surface area contributed by atoms with E-state index in [0.717, 1.165) is 5.56 Å². The lowest BCUT2D eigenvalue weighted by Gasteiger charge is -2.25. The van der Waals surface area contributed by atoms with Crippen LogP contribution in [-0.2, 0) is 9.53 Å². The third kappa shape index (κ3) is 5.71. The Morgan fingerprint density at radius 2 is 1.82 bits per heavy atom. The van der Waals surface area contributed by atoms with Crippen LogP contribution < -0.4 is 5.32 Å². The molecule has 1 N–H and O–H groups in total. The Morgan fingerprint density at radius 1 is 1.23 bits per heavy atom. The molecule has 6 heteroatoms. The molecule has 0 unspecified atom stereocenters. The fourth-order valence-corrected chi connectivity index (χ4v) is 1.86. The van der Waals surface area contributed by atoms with E-state index in [0.29, 0.717) is 0 Å². The summed E-state index contributed by atoms with van der Waals surface area (Å²) in [5.74, 6) is -0.656. The van der Waals surface area contributed by atoms with Crippen molar-refractivity contribution in [3.63, 3.8) is 0 Å². The molecular weight excluding hydrogens is 287 g/mol. The van der Waals surface area contributed by atoms with E-state index in [1.165, 1.54) is 17.0 Å². The topological polar surface area (TPSA) is 58.6 Å². The van der Waals surface area contributed by atoms with Crippen LogP contribution in [0.25, 0.3) is 0 Å². The van der Waals surface area contributed by atoms with Crippen LogP contribution in [0.2, 0.25) is 0 Å². The van der Waals surface area contributed by atoms with Gasteiger partial charge in [-0.05, 0) is 38.5 Å². The standard InChI is InChI=1S/C16H23FN2O3/c1-11(2)22-15(20)9-10-18-16(21)19(4)12(3)13-5-7-14(17)8-6-13/h5-8,11-12H,9-10H2,1-4H3,(H,18,21)/t12-/m0/s1. The molecule has 0 aromatic heterocycles. The molecule has 1 rings (SSSR count). The van der Waals surface area contributed by atoms with E-state index >= 15 is 0 Å². The second-order valence-electron chi connectivity index (χ2n) is 5.36. The summed E-state index contributed by atoms with van der Waals surface area (Å²) in [5.41, 5.74) is 0.832. The monoisotopic (exact) mass is 310 g/mol. The van der Waals surface area contributed by atoms with E-state index in [1.54, 1.807) is 33.0 Å². The first-order valence-corrected chi connectivity index (χ1v) is 7.27. The Kier molecular flexibility index (Phi) is 6.82.